The Kier molecular flexibility index (Phi) is 6.21. The van der Waals surface area contributed by atoms with Crippen LogP contribution in [0.25, 0.3) is 0 Å². The van der Waals surface area contributed by atoms with Crippen molar-refractivity contribution in [2.45, 2.75) is 32.7 Å². The van der Waals surface area contributed by atoms with Crippen molar-refractivity contribution in [1.29, 1.82) is 0 Å². The Morgan fingerprint density at radius 2 is 2.00 bits per heavy atom. The number of hydrogen-bond acceptors (Lipinski definition) is 4. The minimum Gasteiger partial charge on any atom is -0.497 e. The van der Waals surface area contributed by atoms with E-state index in [0.29, 0.717) is 38.5 Å². The first kappa shape index (κ1) is 20.2. The standard InChI is InChI=1S/C21H29N3O4/c1-15(2)13-23-14-20(26)24-10-9-22(8-7-18(24)21(23)27)19(25)12-16-5-4-6-17(11-16)28-3/h4-6,11,15,18H,7-10,12-14H2,1-3H3. The topological polar surface area (TPSA) is 70.2 Å². The molecule has 1 atom stereocenters. The Balaban J connectivity index is 1.66. The summed E-state index contributed by atoms with van der Waals surface area (Å²) in [5.74, 6) is 1.03. The molecule has 0 aliphatic carbocycles. The second kappa shape index (κ2) is 8.63. The average Bonchev–Trinajstić information content (AvgIpc) is 2.89. The van der Waals surface area contributed by atoms with Crippen molar-refractivity contribution in [3.05, 3.63) is 29.8 Å². The van der Waals surface area contributed by atoms with Crippen LogP contribution in [-0.4, -0.2) is 78.3 Å². The number of hydrogen-bond donors (Lipinski definition) is 0. The third kappa shape index (κ3) is 4.46. The van der Waals surface area contributed by atoms with Crippen molar-refractivity contribution >= 4 is 17.7 Å². The molecule has 1 unspecified atom stereocenters. The molecule has 2 aliphatic heterocycles. The van der Waals surface area contributed by atoms with Crippen molar-refractivity contribution in [3.8, 4) is 5.75 Å². The fourth-order valence-corrected chi connectivity index (χ4v) is 3.94. The molecule has 28 heavy (non-hydrogen) atoms. The maximum atomic E-state index is 12.8. The molecule has 1 aromatic rings. The number of ether oxygens (including phenoxy) is 1. The highest BCUT2D eigenvalue weighted by Crippen LogP contribution is 2.21. The number of carbonyl (C=O) groups excluding carboxylic acids is 3. The van der Waals surface area contributed by atoms with Gasteiger partial charge in [-0.1, -0.05) is 26.0 Å². The molecule has 152 valence electrons. The molecule has 3 amide bonds. The van der Waals surface area contributed by atoms with Gasteiger partial charge in [0.25, 0.3) is 0 Å². The van der Waals surface area contributed by atoms with Crippen LogP contribution in [0.3, 0.4) is 0 Å². The van der Waals surface area contributed by atoms with Crippen LogP contribution >= 0.6 is 0 Å². The van der Waals surface area contributed by atoms with Gasteiger partial charge in [-0.05, 0) is 30.0 Å². The molecule has 7 nitrogen and oxygen atoms in total. The van der Waals surface area contributed by atoms with Gasteiger partial charge >= 0.3 is 0 Å². The predicted octanol–water partition coefficient (Wildman–Crippen LogP) is 1.17. The maximum Gasteiger partial charge on any atom is 0.245 e. The molecular weight excluding hydrogens is 358 g/mol. The molecule has 1 aromatic carbocycles. The molecule has 0 radical (unpaired) electrons. The summed E-state index contributed by atoms with van der Waals surface area (Å²) in [5, 5.41) is 0. The fourth-order valence-electron chi connectivity index (χ4n) is 3.94. The lowest BCUT2D eigenvalue weighted by Crippen LogP contribution is -2.60. The van der Waals surface area contributed by atoms with Crippen LogP contribution in [-0.2, 0) is 20.8 Å². The largest absolute Gasteiger partial charge is 0.497 e. The van der Waals surface area contributed by atoms with E-state index in [0.717, 1.165) is 11.3 Å². The van der Waals surface area contributed by atoms with Crippen LogP contribution < -0.4 is 4.74 Å². The second-order valence-electron chi connectivity index (χ2n) is 7.91. The van der Waals surface area contributed by atoms with Gasteiger partial charge in [0, 0.05) is 26.2 Å². The van der Waals surface area contributed by atoms with Gasteiger partial charge in [-0.25, -0.2) is 0 Å². The number of fused-ring (bicyclic) bond motifs is 1. The maximum absolute atomic E-state index is 12.8. The second-order valence-corrected chi connectivity index (χ2v) is 7.91. The van der Waals surface area contributed by atoms with Crippen molar-refractivity contribution in [3.63, 3.8) is 0 Å². The first-order valence-electron chi connectivity index (χ1n) is 9.88. The van der Waals surface area contributed by atoms with Crippen molar-refractivity contribution in [2.24, 2.45) is 5.92 Å². The van der Waals surface area contributed by atoms with Crippen molar-refractivity contribution in [1.82, 2.24) is 14.7 Å². The highest BCUT2D eigenvalue weighted by Gasteiger charge is 2.41. The highest BCUT2D eigenvalue weighted by atomic mass is 16.5. The third-order valence-electron chi connectivity index (χ3n) is 5.33. The van der Waals surface area contributed by atoms with Crippen molar-refractivity contribution < 1.29 is 19.1 Å². The molecule has 3 rings (SSSR count). The number of benzene rings is 1. The van der Waals surface area contributed by atoms with Crippen LogP contribution in [0.5, 0.6) is 5.75 Å². The number of rotatable bonds is 5. The van der Waals surface area contributed by atoms with Gasteiger partial charge in [-0.2, -0.15) is 0 Å². The average molecular weight is 387 g/mol. The molecule has 0 saturated carbocycles. The van der Waals surface area contributed by atoms with E-state index in [1.807, 2.05) is 38.1 Å². The van der Waals surface area contributed by atoms with Gasteiger partial charge in [0.15, 0.2) is 0 Å². The highest BCUT2D eigenvalue weighted by molar-refractivity contribution is 5.95. The van der Waals surface area contributed by atoms with E-state index in [1.165, 1.54) is 0 Å². The number of amides is 3. The Labute approximate surface area is 166 Å². The Hall–Kier alpha value is -2.57. The van der Waals surface area contributed by atoms with E-state index in [2.05, 4.69) is 0 Å². The van der Waals surface area contributed by atoms with Gasteiger partial charge in [-0.3, -0.25) is 14.4 Å². The van der Waals surface area contributed by atoms with Crippen molar-refractivity contribution in [2.75, 3.05) is 39.8 Å². The molecule has 0 bridgehead atoms. The summed E-state index contributed by atoms with van der Waals surface area (Å²) in [6, 6.07) is 7.02. The first-order chi connectivity index (χ1) is 13.4. The van der Waals surface area contributed by atoms with Gasteiger partial charge in [-0.15, -0.1) is 0 Å². The lowest BCUT2D eigenvalue weighted by atomic mass is 10.1. The number of piperazine rings is 1. The summed E-state index contributed by atoms with van der Waals surface area (Å²) in [5.41, 5.74) is 0.890. The zero-order chi connectivity index (χ0) is 20.3. The third-order valence-corrected chi connectivity index (χ3v) is 5.33. The molecule has 2 fully saturated rings. The summed E-state index contributed by atoms with van der Waals surface area (Å²) < 4.78 is 5.22. The lowest BCUT2D eigenvalue weighted by molar-refractivity contribution is -0.156. The minimum absolute atomic E-state index is 0.00651. The molecule has 0 N–H and O–H groups in total. The number of methoxy groups -OCH3 is 1. The first-order valence-corrected chi connectivity index (χ1v) is 9.88. The van der Waals surface area contributed by atoms with E-state index in [4.69, 9.17) is 4.74 Å². The van der Waals surface area contributed by atoms with Gasteiger partial charge in [0.05, 0.1) is 20.1 Å². The monoisotopic (exact) mass is 387 g/mol. The van der Waals surface area contributed by atoms with E-state index in [9.17, 15) is 14.4 Å². The summed E-state index contributed by atoms with van der Waals surface area (Å²) in [6.45, 7) is 6.17. The fraction of sp³-hybridized carbons (Fsp3) is 0.571. The summed E-state index contributed by atoms with van der Waals surface area (Å²) in [7, 11) is 1.60. The summed E-state index contributed by atoms with van der Waals surface area (Å²) in [4.78, 5) is 43.3. The van der Waals surface area contributed by atoms with Crippen LogP contribution in [0.15, 0.2) is 24.3 Å². The Morgan fingerprint density at radius 3 is 2.71 bits per heavy atom. The molecule has 7 heteroatoms. The van der Waals surface area contributed by atoms with E-state index in [1.54, 1.807) is 21.8 Å². The SMILES string of the molecule is COc1cccc(CC(=O)N2CCC3C(=O)N(CC(C)C)CC(=O)N3CC2)c1. The van der Waals surface area contributed by atoms with Crippen LogP contribution in [0.2, 0.25) is 0 Å². The minimum atomic E-state index is -0.449. The van der Waals surface area contributed by atoms with E-state index >= 15 is 0 Å². The molecule has 2 saturated heterocycles. The number of nitrogens with zero attached hydrogens (tertiary/aromatic N) is 3. The number of carbonyl (C=O) groups is 3. The molecule has 0 spiro atoms. The zero-order valence-electron chi connectivity index (χ0n) is 16.9. The zero-order valence-corrected chi connectivity index (χ0v) is 16.9. The van der Waals surface area contributed by atoms with Gasteiger partial charge in [0.1, 0.15) is 11.8 Å². The van der Waals surface area contributed by atoms with E-state index in [-0.39, 0.29) is 30.7 Å². The lowest BCUT2D eigenvalue weighted by Gasteiger charge is -2.39. The van der Waals surface area contributed by atoms with Crippen LogP contribution in [0.1, 0.15) is 25.8 Å². The smallest absolute Gasteiger partial charge is 0.245 e. The normalized spacial score (nSPS) is 20.3. The van der Waals surface area contributed by atoms with Crippen LogP contribution in [0.4, 0.5) is 0 Å². The Morgan fingerprint density at radius 1 is 1.21 bits per heavy atom. The molecule has 2 aliphatic rings. The summed E-state index contributed by atoms with van der Waals surface area (Å²) in [6.07, 6.45) is 0.770. The Bertz CT molecular complexity index is 749. The summed E-state index contributed by atoms with van der Waals surface area (Å²) >= 11 is 0. The quantitative estimate of drug-likeness (QED) is 0.760. The molecular formula is C21H29N3O4. The van der Waals surface area contributed by atoms with Crippen LogP contribution in [0, 0.1) is 5.92 Å². The van der Waals surface area contributed by atoms with Gasteiger partial charge in [0.2, 0.25) is 17.7 Å². The molecule has 2 heterocycles. The molecule has 0 aromatic heterocycles. The predicted molar refractivity (Wildman–Crippen MR) is 105 cm³/mol. The van der Waals surface area contributed by atoms with Gasteiger partial charge < -0.3 is 19.4 Å². The van der Waals surface area contributed by atoms with E-state index < -0.39 is 6.04 Å².